The van der Waals surface area contributed by atoms with Crippen molar-refractivity contribution in [2.45, 2.75) is 51.6 Å². The molecular weight excluding hydrogens is 432 g/mol. The van der Waals surface area contributed by atoms with Gasteiger partial charge in [-0.05, 0) is 55.7 Å². The summed E-state index contributed by atoms with van der Waals surface area (Å²) in [7, 11) is 1.61. The van der Waals surface area contributed by atoms with Crippen LogP contribution in [0.15, 0.2) is 48.5 Å². The first-order valence-electron chi connectivity index (χ1n) is 10.4. The van der Waals surface area contributed by atoms with E-state index in [0.717, 1.165) is 23.3 Å². The number of methoxy groups -OCH3 is 1. The SMILES string of the molecule is CC[C@@H](C)NC(=O)[C@@H](C)N(Cc1cccc(OC)c1)C(=O)CSCc1cccc(Cl)c1. The Labute approximate surface area is 194 Å². The van der Waals surface area contributed by atoms with Crippen molar-refractivity contribution in [2.24, 2.45) is 0 Å². The highest BCUT2D eigenvalue weighted by Gasteiger charge is 2.26. The van der Waals surface area contributed by atoms with Crippen molar-refractivity contribution in [3.05, 3.63) is 64.7 Å². The van der Waals surface area contributed by atoms with Gasteiger partial charge < -0.3 is 15.0 Å². The summed E-state index contributed by atoms with van der Waals surface area (Å²) in [6.45, 7) is 6.08. The quantitative estimate of drug-likeness (QED) is 0.515. The van der Waals surface area contributed by atoms with Crippen LogP contribution in [0.2, 0.25) is 5.02 Å². The lowest BCUT2D eigenvalue weighted by Crippen LogP contribution is -2.50. The zero-order valence-corrected chi connectivity index (χ0v) is 20.1. The van der Waals surface area contributed by atoms with Gasteiger partial charge in [0.25, 0.3) is 0 Å². The number of benzene rings is 2. The number of carbonyl (C=O) groups is 2. The number of nitrogens with one attached hydrogen (secondary N) is 1. The normalized spacial score (nSPS) is 12.7. The Bertz CT molecular complexity index is 877. The third-order valence-electron chi connectivity index (χ3n) is 5.04. The lowest BCUT2D eigenvalue weighted by molar-refractivity contribution is -0.138. The first kappa shape index (κ1) is 25.1. The first-order chi connectivity index (χ1) is 14.8. The van der Waals surface area contributed by atoms with E-state index in [0.29, 0.717) is 17.3 Å². The molecule has 5 nitrogen and oxygen atoms in total. The lowest BCUT2D eigenvalue weighted by Gasteiger charge is -2.29. The highest BCUT2D eigenvalue weighted by Crippen LogP contribution is 2.20. The number of thioether (sulfide) groups is 1. The van der Waals surface area contributed by atoms with Crippen molar-refractivity contribution >= 4 is 35.2 Å². The summed E-state index contributed by atoms with van der Waals surface area (Å²) in [4.78, 5) is 27.5. The van der Waals surface area contributed by atoms with Crippen LogP contribution >= 0.6 is 23.4 Å². The Morgan fingerprint density at radius 1 is 1.13 bits per heavy atom. The number of nitrogens with zero attached hydrogens (tertiary/aromatic N) is 1. The minimum Gasteiger partial charge on any atom is -0.497 e. The van der Waals surface area contributed by atoms with Crippen LogP contribution in [0.4, 0.5) is 0 Å². The Balaban J connectivity index is 2.10. The van der Waals surface area contributed by atoms with Crippen LogP contribution in [0.1, 0.15) is 38.3 Å². The molecule has 1 N–H and O–H groups in total. The molecule has 0 saturated heterocycles. The van der Waals surface area contributed by atoms with Gasteiger partial charge in [0.05, 0.1) is 12.9 Å². The molecule has 0 unspecified atom stereocenters. The summed E-state index contributed by atoms with van der Waals surface area (Å²) in [5.74, 6) is 1.44. The summed E-state index contributed by atoms with van der Waals surface area (Å²) in [5, 5.41) is 3.66. The molecule has 0 fully saturated rings. The van der Waals surface area contributed by atoms with Crippen molar-refractivity contribution < 1.29 is 14.3 Å². The molecule has 168 valence electrons. The second-order valence-corrected chi connectivity index (χ2v) is 8.91. The lowest BCUT2D eigenvalue weighted by atomic mass is 10.1. The van der Waals surface area contributed by atoms with E-state index in [1.54, 1.807) is 18.9 Å². The number of ether oxygens (including phenoxy) is 1. The molecule has 0 aliphatic rings. The standard InChI is InChI=1S/C24H31ClN2O3S/c1-5-17(2)26-24(29)18(3)27(14-19-8-7-11-22(13-19)30-4)23(28)16-31-15-20-9-6-10-21(25)12-20/h6-13,17-18H,5,14-16H2,1-4H3,(H,26,29)/t17-,18-/m1/s1. The van der Waals surface area contributed by atoms with Gasteiger partial charge in [0.15, 0.2) is 0 Å². The van der Waals surface area contributed by atoms with Crippen molar-refractivity contribution in [3.63, 3.8) is 0 Å². The van der Waals surface area contributed by atoms with Gasteiger partial charge in [-0.25, -0.2) is 0 Å². The predicted octanol–water partition coefficient (Wildman–Crippen LogP) is 4.91. The molecule has 2 amide bonds. The summed E-state index contributed by atoms with van der Waals surface area (Å²) >= 11 is 7.55. The molecule has 7 heteroatoms. The van der Waals surface area contributed by atoms with E-state index in [1.165, 1.54) is 11.8 Å². The maximum atomic E-state index is 13.1. The Morgan fingerprint density at radius 3 is 2.52 bits per heavy atom. The van der Waals surface area contributed by atoms with Crippen LogP contribution in [-0.2, 0) is 21.9 Å². The van der Waals surface area contributed by atoms with E-state index in [-0.39, 0.29) is 23.6 Å². The van der Waals surface area contributed by atoms with Gasteiger partial charge >= 0.3 is 0 Å². The van der Waals surface area contributed by atoms with Crippen molar-refractivity contribution in [2.75, 3.05) is 12.9 Å². The molecule has 0 heterocycles. The van der Waals surface area contributed by atoms with Crippen LogP contribution in [0.5, 0.6) is 5.75 Å². The second kappa shape index (κ2) is 12.6. The minimum absolute atomic E-state index is 0.0564. The molecule has 0 spiro atoms. The third-order valence-corrected chi connectivity index (χ3v) is 6.26. The highest BCUT2D eigenvalue weighted by molar-refractivity contribution is 7.99. The number of hydrogen-bond donors (Lipinski definition) is 1. The van der Waals surface area contributed by atoms with Gasteiger partial charge in [-0.2, -0.15) is 0 Å². The van der Waals surface area contributed by atoms with Crippen LogP contribution < -0.4 is 10.1 Å². The molecular formula is C24H31ClN2O3S. The molecule has 0 aliphatic heterocycles. The number of hydrogen-bond acceptors (Lipinski definition) is 4. The fourth-order valence-corrected chi connectivity index (χ4v) is 4.05. The van der Waals surface area contributed by atoms with Crippen LogP contribution in [0.25, 0.3) is 0 Å². The van der Waals surface area contributed by atoms with E-state index < -0.39 is 6.04 Å². The molecule has 31 heavy (non-hydrogen) atoms. The van der Waals surface area contributed by atoms with Crippen molar-refractivity contribution in [1.82, 2.24) is 10.2 Å². The summed E-state index contributed by atoms with van der Waals surface area (Å²) in [6.07, 6.45) is 0.831. The topological polar surface area (TPSA) is 58.6 Å². The van der Waals surface area contributed by atoms with Gasteiger partial charge in [-0.1, -0.05) is 42.8 Å². The smallest absolute Gasteiger partial charge is 0.242 e. The molecule has 2 atom stereocenters. The van der Waals surface area contributed by atoms with E-state index in [4.69, 9.17) is 16.3 Å². The van der Waals surface area contributed by atoms with Gasteiger partial charge in [0.1, 0.15) is 11.8 Å². The molecule has 0 radical (unpaired) electrons. The number of carbonyl (C=O) groups excluding carboxylic acids is 2. The molecule has 0 aromatic heterocycles. The molecule has 0 bridgehead atoms. The van der Waals surface area contributed by atoms with Crippen molar-refractivity contribution in [3.8, 4) is 5.75 Å². The average Bonchev–Trinajstić information content (AvgIpc) is 2.76. The maximum Gasteiger partial charge on any atom is 0.242 e. The zero-order chi connectivity index (χ0) is 22.8. The summed E-state index contributed by atoms with van der Waals surface area (Å²) in [5.41, 5.74) is 1.97. The number of halogens is 1. The molecule has 0 saturated carbocycles. The van der Waals surface area contributed by atoms with E-state index >= 15 is 0 Å². The van der Waals surface area contributed by atoms with Gasteiger partial charge in [0.2, 0.25) is 11.8 Å². The van der Waals surface area contributed by atoms with Crippen LogP contribution in [-0.4, -0.2) is 41.7 Å². The molecule has 2 rings (SSSR count). The number of rotatable bonds is 11. The Hall–Kier alpha value is -2.18. The number of amides is 2. The molecule has 2 aromatic carbocycles. The van der Waals surface area contributed by atoms with Gasteiger partial charge in [-0.15, -0.1) is 11.8 Å². The fourth-order valence-electron chi connectivity index (χ4n) is 2.98. The molecule has 0 aliphatic carbocycles. The van der Waals surface area contributed by atoms with E-state index in [1.807, 2.05) is 62.4 Å². The summed E-state index contributed by atoms with van der Waals surface area (Å²) < 4.78 is 5.30. The maximum absolute atomic E-state index is 13.1. The Kier molecular flexibility index (Phi) is 10.2. The third kappa shape index (κ3) is 8.11. The van der Waals surface area contributed by atoms with Crippen LogP contribution in [0, 0.1) is 0 Å². The van der Waals surface area contributed by atoms with Crippen LogP contribution in [0.3, 0.4) is 0 Å². The second-order valence-electron chi connectivity index (χ2n) is 7.49. The fraction of sp³-hybridized carbons (Fsp3) is 0.417. The monoisotopic (exact) mass is 462 g/mol. The molecule has 2 aromatic rings. The summed E-state index contributed by atoms with van der Waals surface area (Å²) in [6, 6.07) is 14.6. The van der Waals surface area contributed by atoms with E-state index in [2.05, 4.69) is 5.32 Å². The van der Waals surface area contributed by atoms with Gasteiger partial charge in [-0.3, -0.25) is 9.59 Å². The van der Waals surface area contributed by atoms with Gasteiger partial charge in [0, 0.05) is 23.4 Å². The van der Waals surface area contributed by atoms with E-state index in [9.17, 15) is 9.59 Å². The minimum atomic E-state index is -0.584. The first-order valence-corrected chi connectivity index (χ1v) is 11.9. The average molecular weight is 463 g/mol. The predicted molar refractivity (Wildman–Crippen MR) is 129 cm³/mol. The Morgan fingerprint density at radius 2 is 1.84 bits per heavy atom. The highest BCUT2D eigenvalue weighted by atomic mass is 35.5. The van der Waals surface area contributed by atoms with Crippen molar-refractivity contribution in [1.29, 1.82) is 0 Å². The zero-order valence-electron chi connectivity index (χ0n) is 18.6. The largest absolute Gasteiger partial charge is 0.497 e.